The fourth-order valence-electron chi connectivity index (χ4n) is 2.55. The average Bonchev–Trinajstić information content (AvgIpc) is 2.73. The maximum Gasteiger partial charge on any atom is 0.339 e. The van der Waals surface area contributed by atoms with Gasteiger partial charge < -0.3 is 4.74 Å². The van der Waals surface area contributed by atoms with Gasteiger partial charge in [0.1, 0.15) is 6.67 Å². The maximum atomic E-state index is 13.7. The standard InChI is InChI=1S/C16H13FO2/c1-11-7-8-14-13(9-11)15(18)19-16(14,10-17)12-5-3-2-4-6-12/h2-9H,10H2,1H3/t16-/m1/s1. The molecule has 0 fully saturated rings. The van der Waals surface area contributed by atoms with Crippen LogP contribution in [0.25, 0.3) is 0 Å². The van der Waals surface area contributed by atoms with E-state index in [1.165, 1.54) is 0 Å². The minimum Gasteiger partial charge on any atom is -0.443 e. The topological polar surface area (TPSA) is 26.3 Å². The molecule has 2 aromatic rings. The number of carbonyl (C=O) groups excluding carboxylic acids is 1. The zero-order valence-corrected chi connectivity index (χ0v) is 10.5. The third-order valence-electron chi connectivity index (χ3n) is 3.53. The molecule has 3 rings (SSSR count). The number of halogens is 1. The molecule has 0 amide bonds. The predicted molar refractivity (Wildman–Crippen MR) is 69.8 cm³/mol. The Morgan fingerprint density at radius 1 is 1.16 bits per heavy atom. The van der Waals surface area contributed by atoms with Gasteiger partial charge in [0.15, 0.2) is 5.60 Å². The molecule has 0 N–H and O–H groups in total. The highest BCUT2D eigenvalue weighted by Crippen LogP contribution is 2.42. The lowest BCUT2D eigenvalue weighted by atomic mass is 9.86. The molecule has 0 saturated heterocycles. The maximum absolute atomic E-state index is 13.7. The first-order valence-corrected chi connectivity index (χ1v) is 6.13. The van der Waals surface area contributed by atoms with Gasteiger partial charge in [-0.1, -0.05) is 48.0 Å². The summed E-state index contributed by atoms with van der Waals surface area (Å²) in [5.41, 5.74) is 1.40. The summed E-state index contributed by atoms with van der Waals surface area (Å²) in [7, 11) is 0. The van der Waals surface area contributed by atoms with E-state index < -0.39 is 18.2 Å². The van der Waals surface area contributed by atoms with Crippen molar-refractivity contribution in [3.63, 3.8) is 0 Å². The number of aryl methyl sites for hydroxylation is 1. The third kappa shape index (κ3) is 1.65. The van der Waals surface area contributed by atoms with E-state index in [1.54, 1.807) is 24.3 Å². The number of benzene rings is 2. The van der Waals surface area contributed by atoms with Crippen molar-refractivity contribution in [2.45, 2.75) is 12.5 Å². The fraction of sp³-hybridized carbons (Fsp3) is 0.188. The number of cyclic esters (lactones) is 1. The number of ether oxygens (including phenoxy) is 1. The Kier molecular flexibility index (Phi) is 2.63. The SMILES string of the molecule is Cc1ccc2c(c1)C(=O)O[C@]2(CF)c1ccccc1. The van der Waals surface area contributed by atoms with E-state index in [-0.39, 0.29) is 0 Å². The van der Waals surface area contributed by atoms with Gasteiger partial charge in [-0.3, -0.25) is 0 Å². The molecule has 0 saturated carbocycles. The molecular formula is C16H13FO2. The molecule has 0 aromatic heterocycles. The summed E-state index contributed by atoms with van der Waals surface area (Å²) in [6.07, 6.45) is 0. The Labute approximate surface area is 110 Å². The Morgan fingerprint density at radius 2 is 1.89 bits per heavy atom. The molecule has 0 radical (unpaired) electrons. The van der Waals surface area contributed by atoms with Gasteiger partial charge >= 0.3 is 5.97 Å². The molecule has 2 aromatic carbocycles. The number of fused-ring (bicyclic) bond motifs is 1. The summed E-state index contributed by atoms with van der Waals surface area (Å²) >= 11 is 0. The Morgan fingerprint density at radius 3 is 2.58 bits per heavy atom. The molecular weight excluding hydrogens is 243 g/mol. The first-order valence-electron chi connectivity index (χ1n) is 6.13. The van der Waals surface area contributed by atoms with Gasteiger partial charge in [0.05, 0.1) is 5.56 Å². The average molecular weight is 256 g/mol. The first kappa shape index (κ1) is 11.9. The highest BCUT2D eigenvalue weighted by molar-refractivity contribution is 5.95. The monoisotopic (exact) mass is 256 g/mol. The van der Waals surface area contributed by atoms with E-state index in [2.05, 4.69) is 0 Å². The van der Waals surface area contributed by atoms with E-state index in [9.17, 15) is 9.18 Å². The van der Waals surface area contributed by atoms with Crippen molar-refractivity contribution in [2.24, 2.45) is 0 Å². The second kappa shape index (κ2) is 4.19. The molecule has 0 bridgehead atoms. The van der Waals surface area contributed by atoms with E-state index >= 15 is 0 Å². The van der Waals surface area contributed by atoms with Gasteiger partial charge in [0, 0.05) is 11.1 Å². The van der Waals surface area contributed by atoms with Gasteiger partial charge in [0.25, 0.3) is 0 Å². The van der Waals surface area contributed by atoms with Crippen molar-refractivity contribution in [2.75, 3.05) is 6.67 Å². The molecule has 1 atom stereocenters. The van der Waals surface area contributed by atoms with E-state index in [0.29, 0.717) is 16.7 Å². The fourth-order valence-corrected chi connectivity index (χ4v) is 2.55. The van der Waals surface area contributed by atoms with E-state index in [4.69, 9.17) is 4.74 Å². The lowest BCUT2D eigenvalue weighted by Gasteiger charge is -2.26. The molecule has 19 heavy (non-hydrogen) atoms. The van der Waals surface area contributed by atoms with Crippen LogP contribution in [0.2, 0.25) is 0 Å². The zero-order chi connectivity index (χ0) is 13.5. The van der Waals surface area contributed by atoms with Crippen LogP contribution in [-0.4, -0.2) is 12.6 Å². The summed E-state index contributed by atoms with van der Waals surface area (Å²) in [5.74, 6) is -0.458. The molecule has 0 unspecified atom stereocenters. The molecule has 1 aliphatic rings. The Balaban J connectivity index is 2.24. The van der Waals surface area contributed by atoms with Crippen LogP contribution in [-0.2, 0) is 10.3 Å². The van der Waals surface area contributed by atoms with Crippen molar-refractivity contribution in [1.82, 2.24) is 0 Å². The van der Waals surface area contributed by atoms with Gasteiger partial charge in [-0.05, 0) is 13.0 Å². The van der Waals surface area contributed by atoms with Gasteiger partial charge in [-0.25, -0.2) is 9.18 Å². The Hall–Kier alpha value is -2.16. The van der Waals surface area contributed by atoms with Crippen molar-refractivity contribution in [3.8, 4) is 0 Å². The minimum absolute atomic E-state index is 0.458. The summed E-state index contributed by atoms with van der Waals surface area (Å²) < 4.78 is 19.1. The van der Waals surface area contributed by atoms with Gasteiger partial charge in [0.2, 0.25) is 0 Å². The molecule has 2 nitrogen and oxygen atoms in total. The van der Waals surface area contributed by atoms with Crippen LogP contribution in [0.5, 0.6) is 0 Å². The second-order valence-corrected chi connectivity index (χ2v) is 4.77. The largest absolute Gasteiger partial charge is 0.443 e. The van der Waals surface area contributed by atoms with Crippen LogP contribution in [0.1, 0.15) is 27.0 Å². The minimum atomic E-state index is -1.29. The summed E-state index contributed by atoms with van der Waals surface area (Å²) in [5, 5.41) is 0. The van der Waals surface area contributed by atoms with Crippen LogP contribution in [0.4, 0.5) is 4.39 Å². The van der Waals surface area contributed by atoms with Gasteiger partial charge in [-0.15, -0.1) is 0 Å². The number of carbonyl (C=O) groups is 1. The number of esters is 1. The summed E-state index contributed by atoms with van der Waals surface area (Å²) in [4.78, 5) is 12.0. The van der Waals surface area contributed by atoms with E-state index in [1.807, 2.05) is 31.2 Å². The number of hydrogen-bond donors (Lipinski definition) is 0. The zero-order valence-electron chi connectivity index (χ0n) is 10.5. The van der Waals surface area contributed by atoms with Crippen molar-refractivity contribution < 1.29 is 13.9 Å². The highest BCUT2D eigenvalue weighted by atomic mass is 19.1. The van der Waals surface area contributed by atoms with Crippen molar-refractivity contribution in [3.05, 3.63) is 70.8 Å². The lowest BCUT2D eigenvalue weighted by molar-refractivity contribution is 0.000392. The smallest absolute Gasteiger partial charge is 0.339 e. The van der Waals surface area contributed by atoms with Crippen LogP contribution >= 0.6 is 0 Å². The predicted octanol–water partition coefficient (Wildman–Crippen LogP) is 3.38. The molecule has 3 heteroatoms. The second-order valence-electron chi connectivity index (χ2n) is 4.77. The van der Waals surface area contributed by atoms with Crippen molar-refractivity contribution >= 4 is 5.97 Å². The molecule has 0 aliphatic carbocycles. The first-order chi connectivity index (χ1) is 9.17. The molecule has 1 aliphatic heterocycles. The number of alkyl halides is 1. The van der Waals surface area contributed by atoms with Crippen LogP contribution in [0, 0.1) is 6.92 Å². The lowest BCUT2D eigenvalue weighted by Crippen LogP contribution is -2.30. The quantitative estimate of drug-likeness (QED) is 0.770. The van der Waals surface area contributed by atoms with E-state index in [0.717, 1.165) is 5.56 Å². The normalized spacial score (nSPS) is 21.1. The Bertz CT molecular complexity index is 636. The van der Waals surface area contributed by atoms with Crippen molar-refractivity contribution in [1.29, 1.82) is 0 Å². The molecule has 1 heterocycles. The molecule has 96 valence electrons. The molecule has 0 spiro atoms. The summed E-state index contributed by atoms with van der Waals surface area (Å²) in [6, 6.07) is 14.4. The van der Waals surface area contributed by atoms with Crippen LogP contribution < -0.4 is 0 Å². The van der Waals surface area contributed by atoms with Crippen LogP contribution in [0.15, 0.2) is 48.5 Å². The summed E-state index contributed by atoms with van der Waals surface area (Å²) in [6.45, 7) is 1.13. The highest BCUT2D eigenvalue weighted by Gasteiger charge is 2.47. The van der Waals surface area contributed by atoms with Gasteiger partial charge in [-0.2, -0.15) is 0 Å². The van der Waals surface area contributed by atoms with Crippen LogP contribution in [0.3, 0.4) is 0 Å². The third-order valence-corrected chi connectivity index (χ3v) is 3.53. The number of hydrogen-bond acceptors (Lipinski definition) is 2. The number of rotatable bonds is 2.